The fraction of sp³-hybridized carbons (Fsp3) is 0.500. The maximum Gasteiger partial charge on any atom is 0.0665 e. The Hall–Kier alpha value is -1.06. The Balaban J connectivity index is 3.09. The van der Waals surface area contributed by atoms with Gasteiger partial charge in [-0.05, 0) is 56.5 Å². The van der Waals surface area contributed by atoms with E-state index in [9.17, 15) is 5.21 Å². The predicted octanol–water partition coefficient (Wildman–Crippen LogP) is 2.02. The highest BCUT2D eigenvalue weighted by Gasteiger charge is 2.09. The molecule has 0 aromatic heterocycles. The first-order valence-electron chi connectivity index (χ1n) is 5.37. The molecule has 84 valence electrons. The van der Waals surface area contributed by atoms with E-state index in [4.69, 9.17) is 5.73 Å². The molecule has 3 N–H and O–H groups in total. The van der Waals surface area contributed by atoms with Crippen molar-refractivity contribution in [1.82, 2.24) is 0 Å². The van der Waals surface area contributed by atoms with Gasteiger partial charge in [-0.1, -0.05) is 6.07 Å². The zero-order chi connectivity index (χ0) is 11.4. The molecule has 0 atom stereocenters. The van der Waals surface area contributed by atoms with Crippen LogP contribution in [-0.4, -0.2) is 18.3 Å². The summed E-state index contributed by atoms with van der Waals surface area (Å²) in [6.07, 6.45) is 0.893. The lowest BCUT2D eigenvalue weighted by Gasteiger charge is -2.20. The highest BCUT2D eigenvalue weighted by atomic mass is 16.5. The van der Waals surface area contributed by atoms with Gasteiger partial charge in [-0.2, -0.15) is 0 Å². The molecule has 0 radical (unpaired) electrons. The van der Waals surface area contributed by atoms with Gasteiger partial charge in [0.1, 0.15) is 0 Å². The molecule has 0 aliphatic rings. The number of hydrogen-bond donors (Lipinski definition) is 2. The highest BCUT2D eigenvalue weighted by Crippen LogP contribution is 2.24. The predicted molar refractivity (Wildman–Crippen MR) is 63.5 cm³/mol. The van der Waals surface area contributed by atoms with Crippen molar-refractivity contribution >= 4 is 5.69 Å². The molecule has 0 saturated carbocycles. The number of hydrogen-bond acceptors (Lipinski definition) is 3. The second kappa shape index (κ2) is 5.14. The summed E-state index contributed by atoms with van der Waals surface area (Å²) in [7, 11) is 0. The Morgan fingerprint density at radius 1 is 1.27 bits per heavy atom. The van der Waals surface area contributed by atoms with Crippen LogP contribution in [0.4, 0.5) is 5.69 Å². The van der Waals surface area contributed by atoms with Gasteiger partial charge in [-0.25, -0.2) is 0 Å². The minimum Gasteiger partial charge on any atom is -0.330 e. The van der Waals surface area contributed by atoms with E-state index in [0.717, 1.165) is 17.7 Å². The van der Waals surface area contributed by atoms with Gasteiger partial charge in [0, 0.05) is 6.54 Å². The normalized spacial score (nSPS) is 10.5. The molecule has 0 unspecified atom stereocenters. The SMILES string of the molecule is CCN(O)c1ccc(CCN)c(C)c1C. The molecular formula is C12H20N2O. The Kier molecular flexibility index (Phi) is 4.12. The first kappa shape index (κ1) is 12.0. The van der Waals surface area contributed by atoms with Crippen molar-refractivity contribution in [3.63, 3.8) is 0 Å². The third-order valence-corrected chi connectivity index (χ3v) is 2.86. The van der Waals surface area contributed by atoms with Crippen molar-refractivity contribution in [2.45, 2.75) is 27.2 Å². The van der Waals surface area contributed by atoms with Crippen LogP contribution in [0.15, 0.2) is 12.1 Å². The standard InChI is InChI=1S/C12H20N2O/c1-4-14(15)12-6-5-11(7-8-13)9(2)10(12)3/h5-6,15H,4,7-8,13H2,1-3H3. The van der Waals surface area contributed by atoms with Gasteiger partial charge in [-0.15, -0.1) is 0 Å². The average Bonchev–Trinajstić information content (AvgIpc) is 2.24. The molecule has 0 amide bonds. The Bertz CT molecular complexity index is 337. The second-order valence-electron chi connectivity index (χ2n) is 3.75. The van der Waals surface area contributed by atoms with Crippen LogP contribution in [0.1, 0.15) is 23.6 Å². The molecule has 3 nitrogen and oxygen atoms in total. The van der Waals surface area contributed by atoms with Crippen LogP contribution in [0, 0.1) is 13.8 Å². The van der Waals surface area contributed by atoms with Gasteiger partial charge in [0.25, 0.3) is 0 Å². The van der Waals surface area contributed by atoms with Gasteiger partial charge in [0.05, 0.1) is 5.69 Å². The number of anilines is 1. The van der Waals surface area contributed by atoms with Crippen LogP contribution in [0.2, 0.25) is 0 Å². The van der Waals surface area contributed by atoms with Gasteiger partial charge >= 0.3 is 0 Å². The molecule has 0 fully saturated rings. The van der Waals surface area contributed by atoms with Crippen molar-refractivity contribution in [2.24, 2.45) is 5.73 Å². The Morgan fingerprint density at radius 3 is 2.47 bits per heavy atom. The van der Waals surface area contributed by atoms with Crippen molar-refractivity contribution in [1.29, 1.82) is 0 Å². The smallest absolute Gasteiger partial charge is 0.0665 e. The van der Waals surface area contributed by atoms with E-state index in [2.05, 4.69) is 6.92 Å². The van der Waals surface area contributed by atoms with Crippen LogP contribution in [0.25, 0.3) is 0 Å². The molecule has 1 aromatic carbocycles. The fourth-order valence-electron chi connectivity index (χ4n) is 1.74. The molecule has 0 aliphatic carbocycles. The van der Waals surface area contributed by atoms with Gasteiger partial charge in [-0.3, -0.25) is 10.3 Å². The van der Waals surface area contributed by atoms with Gasteiger partial charge < -0.3 is 5.73 Å². The molecule has 0 heterocycles. The monoisotopic (exact) mass is 208 g/mol. The number of nitrogens with two attached hydrogens (primary N) is 1. The number of rotatable bonds is 4. The minimum absolute atomic E-state index is 0.594. The summed E-state index contributed by atoms with van der Waals surface area (Å²) in [6, 6.07) is 4.00. The zero-order valence-electron chi connectivity index (χ0n) is 9.75. The summed E-state index contributed by atoms with van der Waals surface area (Å²) in [5.41, 5.74) is 10.1. The van der Waals surface area contributed by atoms with E-state index in [-0.39, 0.29) is 0 Å². The summed E-state index contributed by atoms with van der Waals surface area (Å²) in [5.74, 6) is 0. The molecule has 3 heteroatoms. The van der Waals surface area contributed by atoms with E-state index in [1.165, 1.54) is 16.2 Å². The lowest BCUT2D eigenvalue weighted by molar-refractivity contribution is 0.259. The average molecular weight is 208 g/mol. The summed E-state index contributed by atoms with van der Waals surface area (Å²) >= 11 is 0. The minimum atomic E-state index is 0.594. The van der Waals surface area contributed by atoms with Gasteiger partial charge in [0.2, 0.25) is 0 Å². The van der Waals surface area contributed by atoms with Crippen LogP contribution in [-0.2, 0) is 6.42 Å². The summed E-state index contributed by atoms with van der Waals surface area (Å²) in [5, 5.41) is 10.9. The van der Waals surface area contributed by atoms with Crippen LogP contribution >= 0.6 is 0 Å². The quantitative estimate of drug-likeness (QED) is 0.744. The third kappa shape index (κ3) is 2.49. The third-order valence-electron chi connectivity index (χ3n) is 2.86. The van der Waals surface area contributed by atoms with Crippen LogP contribution < -0.4 is 10.8 Å². The lowest BCUT2D eigenvalue weighted by Crippen LogP contribution is -2.18. The molecule has 0 spiro atoms. The number of nitrogens with zero attached hydrogens (tertiary/aromatic N) is 1. The topological polar surface area (TPSA) is 49.5 Å². The van der Waals surface area contributed by atoms with E-state index in [1.807, 2.05) is 26.0 Å². The lowest BCUT2D eigenvalue weighted by atomic mass is 9.99. The van der Waals surface area contributed by atoms with Crippen LogP contribution in [0.3, 0.4) is 0 Å². The first-order chi connectivity index (χ1) is 7.11. The molecular weight excluding hydrogens is 188 g/mol. The van der Waals surface area contributed by atoms with E-state index < -0.39 is 0 Å². The summed E-state index contributed by atoms with van der Waals surface area (Å²) in [4.78, 5) is 0. The molecule has 1 rings (SSSR count). The van der Waals surface area contributed by atoms with Crippen molar-refractivity contribution in [2.75, 3.05) is 18.2 Å². The maximum atomic E-state index is 9.66. The van der Waals surface area contributed by atoms with E-state index in [0.29, 0.717) is 13.1 Å². The Morgan fingerprint density at radius 2 is 1.93 bits per heavy atom. The summed E-state index contributed by atoms with van der Waals surface area (Å²) in [6.45, 7) is 7.28. The zero-order valence-corrected chi connectivity index (χ0v) is 9.75. The highest BCUT2D eigenvalue weighted by molar-refractivity contribution is 5.56. The molecule has 1 aromatic rings. The van der Waals surface area contributed by atoms with E-state index in [1.54, 1.807) is 0 Å². The first-order valence-corrected chi connectivity index (χ1v) is 5.37. The summed E-state index contributed by atoms with van der Waals surface area (Å²) < 4.78 is 0. The number of benzene rings is 1. The van der Waals surface area contributed by atoms with Crippen LogP contribution in [0.5, 0.6) is 0 Å². The maximum absolute atomic E-state index is 9.66. The van der Waals surface area contributed by atoms with Crippen molar-refractivity contribution < 1.29 is 5.21 Å². The largest absolute Gasteiger partial charge is 0.330 e. The second-order valence-corrected chi connectivity index (χ2v) is 3.75. The van der Waals surface area contributed by atoms with Crippen molar-refractivity contribution in [3.8, 4) is 0 Å². The van der Waals surface area contributed by atoms with Gasteiger partial charge in [0.15, 0.2) is 0 Å². The number of hydroxylamine groups is 1. The van der Waals surface area contributed by atoms with E-state index >= 15 is 0 Å². The fourth-order valence-corrected chi connectivity index (χ4v) is 1.74. The molecule has 0 aliphatic heterocycles. The van der Waals surface area contributed by atoms with Crippen molar-refractivity contribution in [3.05, 3.63) is 28.8 Å². The Labute approximate surface area is 91.5 Å². The molecule has 15 heavy (non-hydrogen) atoms. The molecule has 0 bridgehead atoms. The molecule has 0 saturated heterocycles.